The van der Waals surface area contributed by atoms with Crippen molar-refractivity contribution in [1.82, 2.24) is 0 Å². The quantitative estimate of drug-likeness (QED) is 0.135. The van der Waals surface area contributed by atoms with Crippen LogP contribution in [0.5, 0.6) is 11.5 Å². The summed E-state index contributed by atoms with van der Waals surface area (Å²) < 4.78 is 168. The van der Waals surface area contributed by atoms with Gasteiger partial charge in [0.25, 0.3) is 0 Å². The van der Waals surface area contributed by atoms with Crippen LogP contribution in [-0.4, -0.2) is 45.9 Å². The predicted octanol–water partition coefficient (Wildman–Crippen LogP) is 9.95. The lowest BCUT2D eigenvalue weighted by atomic mass is 10.1. The van der Waals surface area contributed by atoms with Crippen molar-refractivity contribution in [3.05, 3.63) is 78.2 Å². The fourth-order valence-electron chi connectivity index (χ4n) is 3.64. The summed E-state index contributed by atoms with van der Waals surface area (Å²) in [5.74, 6) is -14.6. The van der Waals surface area contributed by atoms with E-state index in [2.05, 4.69) is 0 Å². The van der Waals surface area contributed by atoms with E-state index in [0.29, 0.717) is 4.21 Å². The molecule has 0 aliphatic heterocycles. The number of ether oxygens (including phenoxy) is 2. The smallest absolute Gasteiger partial charge is 0.460 e. The molecule has 0 amide bonds. The topological polar surface area (TPSA) is 61.8 Å². The van der Waals surface area contributed by atoms with Gasteiger partial charge in [0.15, 0.2) is 0 Å². The van der Waals surface area contributed by atoms with Gasteiger partial charge >= 0.3 is 33.4 Å². The molecular weight excluding hydrogens is 724 g/mol. The van der Waals surface area contributed by atoms with Gasteiger partial charge in [0.2, 0.25) is 0 Å². The summed E-state index contributed by atoms with van der Waals surface area (Å²) in [7, 11) is -8.93. The Kier molecular flexibility index (Phi) is 9.84. The minimum atomic E-state index is -7.49. The first kappa shape index (κ1) is 35.3. The summed E-state index contributed by atoms with van der Waals surface area (Å²) in [4.78, 5) is -0.457. The summed E-state index contributed by atoms with van der Waals surface area (Å²) in [5.41, 5.74) is 0. The highest BCUT2D eigenvalue weighted by atomic mass is 32.3. The molecule has 0 N–H and O–H groups in total. The van der Waals surface area contributed by atoms with E-state index in [0.717, 1.165) is 15.5 Å². The van der Waals surface area contributed by atoms with Crippen molar-refractivity contribution in [2.45, 2.75) is 45.7 Å². The molecule has 0 aliphatic rings. The molecule has 0 fully saturated rings. The molecule has 2 aromatic carbocycles. The lowest BCUT2D eigenvalue weighted by Gasteiger charge is -2.40. The van der Waals surface area contributed by atoms with Gasteiger partial charge in [-0.1, -0.05) is 17.8 Å². The van der Waals surface area contributed by atoms with Crippen molar-refractivity contribution in [3.8, 4) is 11.5 Å². The van der Waals surface area contributed by atoms with E-state index < -0.39 is 43.7 Å². The van der Waals surface area contributed by atoms with E-state index in [1.807, 2.05) is 0 Å². The van der Waals surface area contributed by atoms with E-state index in [1.165, 1.54) is 98.0 Å². The number of alkyl halides is 9. The summed E-state index contributed by atoms with van der Waals surface area (Å²) in [6.45, 7) is 0. The van der Waals surface area contributed by atoms with Crippen LogP contribution in [0.3, 0.4) is 0 Å². The number of halogens is 9. The SMILES string of the molecule is COc1ccc(S(OS(=O)(=O)C(F)(F)C(F)(F)C(F)(F)C(F)(F)F)(c2ccc(OC)cc2)c2ccc(Sc3cccs3)s2)cc1. The van der Waals surface area contributed by atoms with E-state index in [1.54, 1.807) is 17.5 Å². The zero-order valence-corrected chi connectivity index (χ0v) is 26.6. The Labute approximate surface area is 264 Å². The van der Waals surface area contributed by atoms with Gasteiger partial charge in [-0.05, 0) is 82.4 Å². The van der Waals surface area contributed by atoms with Gasteiger partial charge in [0.1, 0.15) is 11.5 Å². The molecule has 0 atom stereocenters. The van der Waals surface area contributed by atoms with Crippen LogP contribution in [0.15, 0.2) is 101 Å². The second kappa shape index (κ2) is 12.6. The summed E-state index contributed by atoms with van der Waals surface area (Å²) in [5, 5.41) is -5.32. The highest BCUT2D eigenvalue weighted by Gasteiger charge is 2.86. The van der Waals surface area contributed by atoms with Crippen molar-refractivity contribution < 1.29 is 61.0 Å². The third kappa shape index (κ3) is 6.26. The van der Waals surface area contributed by atoms with Crippen molar-refractivity contribution in [2.24, 2.45) is 0 Å². The molecule has 2 heterocycles. The van der Waals surface area contributed by atoms with Gasteiger partial charge in [-0.15, -0.1) is 22.7 Å². The summed E-state index contributed by atoms with van der Waals surface area (Å²) >= 11 is 3.32. The summed E-state index contributed by atoms with van der Waals surface area (Å²) in [6, 6.07) is 15.9. The molecule has 4 aromatic rings. The predicted molar refractivity (Wildman–Crippen MR) is 152 cm³/mol. The van der Waals surface area contributed by atoms with Crippen molar-refractivity contribution in [2.75, 3.05) is 14.2 Å². The number of hydrogen-bond donors (Lipinski definition) is 0. The normalized spacial score (nSPS) is 13.9. The third-order valence-electron chi connectivity index (χ3n) is 5.94. The maximum atomic E-state index is 15.1. The maximum absolute atomic E-state index is 15.1. The monoisotopic (exact) mass is 742 g/mol. The Morgan fingerprint density at radius 3 is 1.60 bits per heavy atom. The number of hydrogen-bond acceptors (Lipinski definition) is 8. The molecule has 4 rings (SSSR count). The van der Waals surface area contributed by atoms with Gasteiger partial charge in [-0.2, -0.15) is 47.9 Å². The fourth-order valence-corrected chi connectivity index (χ4v) is 13.1. The number of methoxy groups -OCH3 is 2. The Hall–Kier alpha value is -2.58. The molecule has 0 saturated carbocycles. The van der Waals surface area contributed by atoms with Crippen LogP contribution < -0.4 is 9.47 Å². The fraction of sp³-hybridized carbons (Fsp3) is 0.231. The molecule has 0 aliphatic carbocycles. The van der Waals surface area contributed by atoms with Crippen LogP contribution in [0.2, 0.25) is 0 Å². The van der Waals surface area contributed by atoms with E-state index in [4.69, 9.17) is 13.1 Å². The number of thiophene rings is 2. The Balaban J connectivity index is 2.00. The van der Waals surface area contributed by atoms with E-state index >= 15 is 8.78 Å². The molecule has 0 spiro atoms. The highest BCUT2D eigenvalue weighted by molar-refractivity contribution is 8.34. The van der Waals surface area contributed by atoms with Gasteiger partial charge in [0, 0.05) is 9.79 Å². The van der Waals surface area contributed by atoms with E-state index in [9.17, 15) is 39.2 Å². The van der Waals surface area contributed by atoms with E-state index in [-0.39, 0.29) is 25.5 Å². The van der Waals surface area contributed by atoms with Gasteiger partial charge < -0.3 is 9.47 Å². The standard InChI is InChI=1S/C26H19F9O5S5/c1-38-16-5-9-18(10-6-16)44(19-11-7-17(39-2)8-12-19,22-14-13-21(43-22)42-20-4-3-15-41-20)40-45(36,37)26(34,35)24(29,30)23(27,28)25(31,32)33/h3-15H,1-2H3. The van der Waals surface area contributed by atoms with Crippen LogP contribution in [0.25, 0.3) is 0 Å². The molecular formula is C26H19F9O5S5. The molecule has 0 radical (unpaired) electrons. The minimum absolute atomic E-state index is 0.151. The zero-order valence-electron chi connectivity index (χ0n) is 22.5. The van der Waals surface area contributed by atoms with Crippen molar-refractivity contribution in [3.63, 3.8) is 0 Å². The highest BCUT2D eigenvalue weighted by Crippen LogP contribution is 2.73. The zero-order chi connectivity index (χ0) is 33.5. The Morgan fingerprint density at radius 2 is 1.18 bits per heavy atom. The molecule has 0 saturated heterocycles. The Morgan fingerprint density at radius 1 is 0.667 bits per heavy atom. The first-order valence-electron chi connectivity index (χ1n) is 11.9. The number of benzene rings is 2. The first-order chi connectivity index (χ1) is 20.8. The molecule has 45 heavy (non-hydrogen) atoms. The molecule has 19 heteroatoms. The van der Waals surface area contributed by atoms with Crippen LogP contribution in [0.4, 0.5) is 39.5 Å². The third-order valence-corrected chi connectivity index (χ3v) is 14.9. The molecule has 0 unspecified atom stereocenters. The molecule has 2 aromatic heterocycles. The Bertz CT molecular complexity index is 1660. The van der Waals surface area contributed by atoms with Gasteiger partial charge in [-0.3, -0.25) is 0 Å². The van der Waals surface area contributed by atoms with Crippen LogP contribution in [-0.2, 0) is 13.7 Å². The first-order valence-corrected chi connectivity index (χ1v) is 17.4. The van der Waals surface area contributed by atoms with Crippen LogP contribution in [0, 0.1) is 0 Å². The van der Waals surface area contributed by atoms with Crippen LogP contribution >= 0.6 is 44.7 Å². The molecule has 5 nitrogen and oxygen atoms in total. The van der Waals surface area contributed by atoms with Crippen molar-refractivity contribution >= 4 is 54.9 Å². The van der Waals surface area contributed by atoms with Crippen LogP contribution in [0.1, 0.15) is 0 Å². The minimum Gasteiger partial charge on any atom is -0.497 e. The molecule has 0 bridgehead atoms. The number of rotatable bonds is 12. The second-order valence-corrected chi connectivity index (χ2v) is 17.1. The maximum Gasteiger partial charge on any atom is 0.460 e. The largest absolute Gasteiger partial charge is 0.497 e. The summed E-state index contributed by atoms with van der Waals surface area (Å²) in [6.07, 6.45) is -7.24. The lowest BCUT2D eigenvalue weighted by molar-refractivity contribution is -0.382. The van der Waals surface area contributed by atoms with Gasteiger partial charge in [-0.25, -0.2) is 3.63 Å². The van der Waals surface area contributed by atoms with Crippen molar-refractivity contribution in [1.29, 1.82) is 0 Å². The molecule has 246 valence electrons. The van der Waals surface area contributed by atoms with Gasteiger partial charge in [0.05, 0.1) is 26.8 Å². The second-order valence-electron chi connectivity index (χ2n) is 8.70. The average molecular weight is 743 g/mol. The average Bonchev–Trinajstić information content (AvgIpc) is 3.68. The lowest BCUT2D eigenvalue weighted by Crippen LogP contribution is -2.63.